The molecule has 0 aliphatic rings. The number of halogens is 1. The molecular formula is C19H35IN4O2. The lowest BCUT2D eigenvalue weighted by Gasteiger charge is -2.18. The normalized spacial score (nSPS) is 12.2. The average molecular weight is 478 g/mol. The summed E-state index contributed by atoms with van der Waals surface area (Å²) >= 11 is 0. The number of unbranched alkanes of at least 4 members (excludes halogenated alkanes) is 3. The van der Waals surface area contributed by atoms with Crippen LogP contribution in [0.25, 0.3) is 0 Å². The summed E-state index contributed by atoms with van der Waals surface area (Å²) in [7, 11) is 3.45. The fourth-order valence-electron chi connectivity index (χ4n) is 2.47. The second-order valence-corrected chi connectivity index (χ2v) is 6.13. The Kier molecular flexibility index (Phi) is 15.4. The van der Waals surface area contributed by atoms with Crippen molar-refractivity contribution >= 4 is 29.9 Å². The Balaban J connectivity index is 0.00000625. The maximum atomic E-state index is 5.66. The SMILES string of the molecule is CCCCCCC(C)NC(=NC)NCc1cccnc1OCCOC.I. The van der Waals surface area contributed by atoms with Crippen LogP contribution in [-0.2, 0) is 11.3 Å². The molecule has 1 aromatic heterocycles. The summed E-state index contributed by atoms with van der Waals surface area (Å²) in [4.78, 5) is 8.60. The lowest BCUT2D eigenvalue weighted by Crippen LogP contribution is -2.41. The molecule has 1 heterocycles. The molecule has 2 N–H and O–H groups in total. The van der Waals surface area contributed by atoms with Crippen LogP contribution < -0.4 is 15.4 Å². The highest BCUT2D eigenvalue weighted by molar-refractivity contribution is 14.0. The quantitative estimate of drug-likeness (QED) is 0.207. The van der Waals surface area contributed by atoms with E-state index < -0.39 is 0 Å². The van der Waals surface area contributed by atoms with Crippen LogP contribution in [0.15, 0.2) is 23.3 Å². The fraction of sp³-hybridized carbons (Fsp3) is 0.684. The van der Waals surface area contributed by atoms with Crippen LogP contribution in [0, 0.1) is 0 Å². The molecule has 1 rings (SSSR count). The molecular weight excluding hydrogens is 443 g/mol. The van der Waals surface area contributed by atoms with Crippen molar-refractivity contribution in [3.63, 3.8) is 0 Å². The van der Waals surface area contributed by atoms with Crippen molar-refractivity contribution in [3.8, 4) is 5.88 Å². The Morgan fingerprint density at radius 2 is 2.08 bits per heavy atom. The lowest BCUT2D eigenvalue weighted by atomic mass is 10.1. The molecule has 0 bridgehead atoms. The average Bonchev–Trinajstić information content (AvgIpc) is 2.63. The third-order valence-electron chi connectivity index (χ3n) is 3.92. The van der Waals surface area contributed by atoms with E-state index >= 15 is 0 Å². The number of methoxy groups -OCH3 is 1. The zero-order valence-corrected chi connectivity index (χ0v) is 18.9. The van der Waals surface area contributed by atoms with Crippen LogP contribution in [-0.4, -0.2) is 44.4 Å². The zero-order valence-electron chi connectivity index (χ0n) is 16.6. The van der Waals surface area contributed by atoms with E-state index in [0.29, 0.717) is 31.7 Å². The molecule has 1 atom stereocenters. The van der Waals surface area contributed by atoms with E-state index in [1.54, 1.807) is 20.4 Å². The van der Waals surface area contributed by atoms with Gasteiger partial charge in [0.1, 0.15) is 6.61 Å². The first-order valence-corrected chi connectivity index (χ1v) is 9.24. The van der Waals surface area contributed by atoms with Gasteiger partial charge in [0.2, 0.25) is 5.88 Å². The number of nitrogens with one attached hydrogen (secondary N) is 2. The molecule has 0 saturated heterocycles. The van der Waals surface area contributed by atoms with E-state index in [0.717, 1.165) is 17.9 Å². The van der Waals surface area contributed by atoms with Gasteiger partial charge in [-0.05, 0) is 19.4 Å². The second-order valence-electron chi connectivity index (χ2n) is 6.13. The van der Waals surface area contributed by atoms with Crippen molar-refractivity contribution < 1.29 is 9.47 Å². The minimum Gasteiger partial charge on any atom is -0.475 e. The van der Waals surface area contributed by atoms with Crippen LogP contribution in [0.5, 0.6) is 5.88 Å². The van der Waals surface area contributed by atoms with E-state index in [4.69, 9.17) is 9.47 Å². The summed E-state index contributed by atoms with van der Waals surface area (Å²) in [6, 6.07) is 4.31. The highest BCUT2D eigenvalue weighted by Crippen LogP contribution is 2.13. The smallest absolute Gasteiger partial charge is 0.218 e. The minimum absolute atomic E-state index is 0. The molecule has 0 aliphatic heterocycles. The molecule has 1 unspecified atom stereocenters. The predicted molar refractivity (Wildman–Crippen MR) is 119 cm³/mol. The summed E-state index contributed by atoms with van der Waals surface area (Å²) < 4.78 is 10.7. The van der Waals surface area contributed by atoms with Gasteiger partial charge in [0.15, 0.2) is 5.96 Å². The van der Waals surface area contributed by atoms with E-state index in [1.165, 1.54) is 25.7 Å². The summed E-state index contributed by atoms with van der Waals surface area (Å²) in [5, 5.41) is 6.78. The van der Waals surface area contributed by atoms with E-state index in [-0.39, 0.29) is 24.0 Å². The Labute approximate surface area is 175 Å². The van der Waals surface area contributed by atoms with Crippen molar-refractivity contribution in [3.05, 3.63) is 23.9 Å². The van der Waals surface area contributed by atoms with Gasteiger partial charge in [-0.15, -0.1) is 24.0 Å². The van der Waals surface area contributed by atoms with Crippen molar-refractivity contribution in [1.29, 1.82) is 0 Å². The Hall–Kier alpha value is -1.09. The molecule has 0 fully saturated rings. The van der Waals surface area contributed by atoms with Crippen LogP contribution >= 0.6 is 24.0 Å². The number of nitrogens with zero attached hydrogens (tertiary/aromatic N) is 2. The number of hydrogen-bond acceptors (Lipinski definition) is 4. The molecule has 0 radical (unpaired) electrons. The third kappa shape index (κ3) is 10.8. The molecule has 0 amide bonds. The van der Waals surface area contributed by atoms with Gasteiger partial charge >= 0.3 is 0 Å². The Morgan fingerprint density at radius 3 is 2.77 bits per heavy atom. The molecule has 26 heavy (non-hydrogen) atoms. The largest absolute Gasteiger partial charge is 0.475 e. The first-order valence-electron chi connectivity index (χ1n) is 9.24. The zero-order chi connectivity index (χ0) is 18.3. The van der Waals surface area contributed by atoms with Crippen molar-refractivity contribution in [2.75, 3.05) is 27.4 Å². The first kappa shape index (κ1) is 24.9. The van der Waals surface area contributed by atoms with Crippen LogP contribution in [0.4, 0.5) is 0 Å². The second kappa shape index (κ2) is 16.1. The van der Waals surface area contributed by atoms with Crippen LogP contribution in [0.2, 0.25) is 0 Å². The van der Waals surface area contributed by atoms with Gasteiger partial charge in [0.25, 0.3) is 0 Å². The van der Waals surface area contributed by atoms with Crippen LogP contribution in [0.1, 0.15) is 51.5 Å². The Morgan fingerprint density at radius 1 is 1.27 bits per heavy atom. The predicted octanol–water partition coefficient (Wildman–Crippen LogP) is 3.75. The number of ether oxygens (including phenoxy) is 2. The standard InChI is InChI=1S/C19H34N4O2.HI/c1-5-6-7-8-10-16(2)23-19(20-3)22-15-17-11-9-12-21-18(17)25-14-13-24-4;/h9,11-12,16H,5-8,10,13-15H2,1-4H3,(H2,20,22,23);1H. The van der Waals surface area contributed by atoms with E-state index in [2.05, 4.69) is 34.5 Å². The number of aliphatic imine (C=N–C) groups is 1. The topological polar surface area (TPSA) is 67.8 Å². The summed E-state index contributed by atoms with van der Waals surface area (Å²) in [5.74, 6) is 1.44. The van der Waals surface area contributed by atoms with Gasteiger partial charge in [-0.3, -0.25) is 4.99 Å². The molecule has 0 aromatic carbocycles. The van der Waals surface area contributed by atoms with Crippen LogP contribution in [0.3, 0.4) is 0 Å². The molecule has 0 spiro atoms. The van der Waals surface area contributed by atoms with Gasteiger partial charge in [0, 0.05) is 38.5 Å². The number of guanidine groups is 1. The maximum Gasteiger partial charge on any atom is 0.218 e. The summed E-state index contributed by atoms with van der Waals surface area (Å²) in [6.45, 7) is 6.07. The molecule has 150 valence electrons. The summed E-state index contributed by atoms with van der Waals surface area (Å²) in [5.41, 5.74) is 0.997. The van der Waals surface area contributed by atoms with Gasteiger partial charge in [0.05, 0.1) is 6.61 Å². The van der Waals surface area contributed by atoms with Crippen molar-refractivity contribution in [1.82, 2.24) is 15.6 Å². The molecule has 0 aliphatic carbocycles. The fourth-order valence-corrected chi connectivity index (χ4v) is 2.47. The van der Waals surface area contributed by atoms with Crippen molar-refractivity contribution in [2.24, 2.45) is 4.99 Å². The summed E-state index contributed by atoms with van der Waals surface area (Å²) in [6.07, 6.45) is 8.01. The van der Waals surface area contributed by atoms with Gasteiger partial charge < -0.3 is 20.1 Å². The molecule has 7 heteroatoms. The first-order chi connectivity index (χ1) is 12.2. The van der Waals surface area contributed by atoms with E-state index in [9.17, 15) is 0 Å². The minimum atomic E-state index is 0. The molecule has 6 nitrogen and oxygen atoms in total. The van der Waals surface area contributed by atoms with E-state index in [1.807, 2.05) is 12.1 Å². The number of rotatable bonds is 12. The van der Waals surface area contributed by atoms with Crippen molar-refractivity contribution in [2.45, 2.75) is 58.5 Å². The van der Waals surface area contributed by atoms with Gasteiger partial charge in [-0.25, -0.2) is 4.98 Å². The third-order valence-corrected chi connectivity index (χ3v) is 3.92. The highest BCUT2D eigenvalue weighted by atomic mass is 127. The maximum absolute atomic E-state index is 5.66. The molecule has 1 aromatic rings. The van der Waals surface area contributed by atoms with Gasteiger partial charge in [-0.1, -0.05) is 38.7 Å². The number of aromatic nitrogens is 1. The highest BCUT2D eigenvalue weighted by Gasteiger charge is 2.08. The van der Waals surface area contributed by atoms with Gasteiger partial charge in [-0.2, -0.15) is 0 Å². The number of hydrogen-bond donors (Lipinski definition) is 2. The molecule has 0 saturated carbocycles. The Bertz CT molecular complexity index is 500. The number of pyridine rings is 1. The lowest BCUT2D eigenvalue weighted by molar-refractivity contribution is 0.143. The monoisotopic (exact) mass is 478 g/mol.